The lowest BCUT2D eigenvalue weighted by Crippen LogP contribution is -2.50. The molecule has 0 saturated heterocycles. The lowest BCUT2D eigenvalue weighted by Gasteiger charge is -2.45. The predicted octanol–water partition coefficient (Wildman–Crippen LogP) is 6.54. The quantitative estimate of drug-likeness (QED) is 0.554. The molecule has 0 bridgehead atoms. The molecule has 0 amide bonds. The van der Waals surface area contributed by atoms with E-state index in [9.17, 15) is 13.2 Å². The second-order valence-corrected chi connectivity index (χ2v) is 8.79. The number of halogens is 3. The van der Waals surface area contributed by atoms with E-state index in [4.69, 9.17) is 5.73 Å². The van der Waals surface area contributed by atoms with E-state index in [-0.39, 0.29) is 11.8 Å². The van der Waals surface area contributed by atoms with Gasteiger partial charge in [-0.25, -0.2) is 0 Å². The summed E-state index contributed by atoms with van der Waals surface area (Å²) in [5.74, 6) is -0.674. The lowest BCUT2D eigenvalue weighted by molar-refractivity contribution is -0.218. The lowest BCUT2D eigenvalue weighted by atomic mass is 9.68. The average Bonchev–Trinajstić information content (AvgIpc) is 2.73. The summed E-state index contributed by atoms with van der Waals surface area (Å²) in [5, 5.41) is -0.893. The van der Waals surface area contributed by atoms with E-state index in [0.29, 0.717) is 6.42 Å². The molecule has 3 atom stereocenters. The second kappa shape index (κ2) is 9.23. The van der Waals surface area contributed by atoms with E-state index in [1.807, 2.05) is 60.7 Å². The van der Waals surface area contributed by atoms with Gasteiger partial charge in [-0.05, 0) is 30.0 Å². The molecule has 2 aromatic carbocycles. The van der Waals surface area contributed by atoms with Gasteiger partial charge in [0.15, 0.2) is 0 Å². The van der Waals surface area contributed by atoms with Crippen LogP contribution in [0.4, 0.5) is 13.2 Å². The Morgan fingerprint density at radius 2 is 1.52 bits per heavy atom. The third-order valence-electron chi connectivity index (χ3n) is 5.63. The number of rotatable bonds is 7. The first-order chi connectivity index (χ1) is 13.9. The highest BCUT2D eigenvalue weighted by atomic mass is 32.2. The van der Waals surface area contributed by atoms with E-state index in [1.165, 1.54) is 23.9 Å². The molecule has 1 aliphatic rings. The van der Waals surface area contributed by atoms with Crippen molar-refractivity contribution < 1.29 is 13.2 Å². The number of allylic oxidation sites excluding steroid dienone is 4. The summed E-state index contributed by atoms with van der Waals surface area (Å²) in [6.07, 6.45) is 2.16. The van der Waals surface area contributed by atoms with Crippen LogP contribution in [-0.2, 0) is 0 Å². The number of hydrogen-bond acceptors (Lipinski definition) is 2. The minimum atomic E-state index is -4.38. The van der Waals surface area contributed by atoms with E-state index in [1.54, 1.807) is 19.1 Å². The zero-order valence-electron chi connectivity index (χ0n) is 16.3. The van der Waals surface area contributed by atoms with Crippen LogP contribution in [0.25, 0.3) is 0 Å². The van der Waals surface area contributed by atoms with Crippen LogP contribution in [0.15, 0.2) is 85.0 Å². The zero-order chi connectivity index (χ0) is 20.9. The maximum absolute atomic E-state index is 14.5. The van der Waals surface area contributed by atoms with Gasteiger partial charge in [0.1, 0.15) is 5.41 Å². The van der Waals surface area contributed by atoms with Crippen molar-refractivity contribution in [3.8, 4) is 0 Å². The fourth-order valence-corrected chi connectivity index (χ4v) is 5.75. The molecule has 2 aromatic rings. The molecule has 1 aliphatic carbocycles. The Morgan fingerprint density at radius 1 is 0.966 bits per heavy atom. The van der Waals surface area contributed by atoms with Crippen LogP contribution in [0, 0.1) is 11.3 Å². The summed E-state index contributed by atoms with van der Waals surface area (Å²) in [7, 11) is 0. The molecule has 0 aliphatic heterocycles. The van der Waals surface area contributed by atoms with E-state index >= 15 is 0 Å². The van der Waals surface area contributed by atoms with Gasteiger partial charge in [-0.1, -0.05) is 91.9 Å². The highest BCUT2D eigenvalue weighted by molar-refractivity contribution is 8.00. The maximum atomic E-state index is 14.5. The molecule has 0 heterocycles. The van der Waals surface area contributed by atoms with Gasteiger partial charge in [0.25, 0.3) is 0 Å². The standard InChI is InChI=1S/C24H26F3NS/c1-18(23(24(25,26)27)16-9-8-14-21(23)15-17-28)29-22(19-10-4-2-5-11-19)20-12-6-3-7-13-20/h2-14,16,18,21-22H,15,17,28H2,1H3. The highest BCUT2D eigenvalue weighted by Crippen LogP contribution is 2.57. The molecular weight excluding hydrogens is 391 g/mol. The van der Waals surface area contributed by atoms with Crippen molar-refractivity contribution in [3.05, 3.63) is 96.1 Å². The van der Waals surface area contributed by atoms with Crippen molar-refractivity contribution in [2.45, 2.75) is 30.0 Å². The van der Waals surface area contributed by atoms with Crippen LogP contribution in [0.3, 0.4) is 0 Å². The van der Waals surface area contributed by atoms with Crippen molar-refractivity contribution in [1.29, 1.82) is 0 Å². The number of benzene rings is 2. The fourth-order valence-electron chi connectivity index (χ4n) is 4.10. The minimum Gasteiger partial charge on any atom is -0.330 e. The molecule has 0 fully saturated rings. The monoisotopic (exact) mass is 417 g/mol. The zero-order valence-corrected chi connectivity index (χ0v) is 17.2. The van der Waals surface area contributed by atoms with Crippen LogP contribution in [0.1, 0.15) is 29.7 Å². The molecule has 3 unspecified atom stereocenters. The normalized spacial score (nSPS) is 22.8. The third kappa shape index (κ3) is 4.46. The molecule has 0 saturated carbocycles. The molecular formula is C24H26F3NS. The Kier molecular flexibility index (Phi) is 6.91. The number of thioether (sulfide) groups is 1. The molecule has 3 rings (SSSR count). The molecule has 5 heteroatoms. The Balaban J connectivity index is 2.02. The first-order valence-corrected chi connectivity index (χ1v) is 10.7. The predicted molar refractivity (Wildman–Crippen MR) is 116 cm³/mol. The van der Waals surface area contributed by atoms with Crippen LogP contribution in [0.5, 0.6) is 0 Å². The van der Waals surface area contributed by atoms with Crippen molar-refractivity contribution in [2.75, 3.05) is 6.54 Å². The van der Waals surface area contributed by atoms with E-state index in [0.717, 1.165) is 11.1 Å². The summed E-state index contributed by atoms with van der Waals surface area (Å²) in [4.78, 5) is 0. The highest BCUT2D eigenvalue weighted by Gasteiger charge is 2.60. The SMILES string of the molecule is CC(SC(c1ccccc1)c1ccccc1)C1(C(F)(F)F)C=CC=CC1CCN. The van der Waals surface area contributed by atoms with Crippen LogP contribution in [0.2, 0.25) is 0 Å². The molecule has 0 radical (unpaired) electrons. The summed E-state index contributed by atoms with van der Waals surface area (Å²) in [6.45, 7) is 1.92. The molecule has 0 spiro atoms. The van der Waals surface area contributed by atoms with Gasteiger partial charge in [-0.2, -0.15) is 13.2 Å². The average molecular weight is 418 g/mol. The Hall–Kier alpha value is -1.98. The molecule has 1 nitrogen and oxygen atoms in total. The fraction of sp³-hybridized carbons (Fsp3) is 0.333. The van der Waals surface area contributed by atoms with Crippen LogP contribution in [-0.4, -0.2) is 18.0 Å². The summed E-state index contributed by atoms with van der Waals surface area (Å²) in [6, 6.07) is 19.5. The van der Waals surface area contributed by atoms with Gasteiger partial charge in [0.2, 0.25) is 0 Å². The van der Waals surface area contributed by atoms with Gasteiger partial charge in [-0.15, -0.1) is 11.8 Å². The third-order valence-corrected chi connectivity index (χ3v) is 7.24. The smallest absolute Gasteiger partial charge is 0.330 e. The Bertz CT molecular complexity index is 793. The molecule has 2 N–H and O–H groups in total. The second-order valence-electron chi connectivity index (χ2n) is 7.34. The summed E-state index contributed by atoms with van der Waals surface area (Å²) in [5.41, 5.74) is 5.72. The molecule has 29 heavy (non-hydrogen) atoms. The van der Waals surface area contributed by atoms with Crippen LogP contribution >= 0.6 is 11.8 Å². The topological polar surface area (TPSA) is 26.0 Å². The largest absolute Gasteiger partial charge is 0.399 e. The van der Waals surface area contributed by atoms with Gasteiger partial charge in [0, 0.05) is 5.25 Å². The van der Waals surface area contributed by atoms with Gasteiger partial charge >= 0.3 is 6.18 Å². The van der Waals surface area contributed by atoms with Crippen LogP contribution < -0.4 is 5.73 Å². The van der Waals surface area contributed by atoms with Crippen molar-refractivity contribution in [2.24, 2.45) is 17.1 Å². The maximum Gasteiger partial charge on any atom is 0.399 e. The van der Waals surface area contributed by atoms with E-state index in [2.05, 4.69) is 0 Å². The Morgan fingerprint density at radius 3 is 2.00 bits per heavy atom. The van der Waals surface area contributed by atoms with Crippen molar-refractivity contribution in [3.63, 3.8) is 0 Å². The van der Waals surface area contributed by atoms with Gasteiger partial charge in [0.05, 0.1) is 5.25 Å². The molecule has 0 aromatic heterocycles. The van der Waals surface area contributed by atoms with Gasteiger partial charge in [-0.3, -0.25) is 0 Å². The van der Waals surface area contributed by atoms with Crippen molar-refractivity contribution >= 4 is 11.8 Å². The number of hydrogen-bond donors (Lipinski definition) is 1. The minimum absolute atomic E-state index is 0.190. The molecule has 154 valence electrons. The Labute approximate surface area is 174 Å². The summed E-state index contributed by atoms with van der Waals surface area (Å²) < 4.78 is 43.6. The first-order valence-electron chi connectivity index (χ1n) is 9.78. The van der Waals surface area contributed by atoms with Crippen molar-refractivity contribution in [1.82, 2.24) is 0 Å². The number of nitrogens with two attached hydrogens (primary N) is 1. The summed E-state index contributed by atoms with van der Waals surface area (Å²) >= 11 is 1.37. The van der Waals surface area contributed by atoms with Gasteiger partial charge < -0.3 is 5.73 Å². The van der Waals surface area contributed by atoms with E-state index < -0.39 is 22.8 Å². The number of alkyl halides is 3. The first kappa shape index (κ1) is 21.7.